The highest BCUT2D eigenvalue weighted by Gasteiger charge is 2.25. The molecule has 140 valence electrons. The van der Waals surface area contributed by atoms with Crippen LogP contribution in [0.2, 0.25) is 0 Å². The van der Waals surface area contributed by atoms with Gasteiger partial charge in [-0.1, -0.05) is 0 Å². The summed E-state index contributed by atoms with van der Waals surface area (Å²) in [5, 5.41) is 8.25. The fourth-order valence-corrected chi connectivity index (χ4v) is 3.90. The molecule has 2 heterocycles. The van der Waals surface area contributed by atoms with E-state index >= 15 is 0 Å². The molecule has 0 atom stereocenters. The first-order chi connectivity index (χ1) is 13.0. The molecular formula is C21H23FN4O. The summed E-state index contributed by atoms with van der Waals surface area (Å²) in [5.41, 5.74) is 2.94. The van der Waals surface area contributed by atoms with Gasteiger partial charge in [-0.2, -0.15) is 5.10 Å². The molecule has 1 aromatic carbocycles. The Kier molecular flexibility index (Phi) is 4.64. The van der Waals surface area contributed by atoms with E-state index in [4.69, 9.17) is 0 Å². The highest BCUT2D eigenvalue weighted by atomic mass is 19.1. The number of rotatable bonds is 3. The lowest BCUT2D eigenvalue weighted by Gasteiger charge is -2.29. The number of nitrogens with zero attached hydrogens (tertiary/aromatic N) is 3. The first-order valence-electron chi connectivity index (χ1n) is 9.38. The number of carbonyl (C=O) groups is 1. The molecule has 1 fully saturated rings. The van der Waals surface area contributed by atoms with Crippen molar-refractivity contribution in [3.05, 3.63) is 59.3 Å². The van der Waals surface area contributed by atoms with Crippen LogP contribution in [-0.4, -0.2) is 26.7 Å². The van der Waals surface area contributed by atoms with Crippen LogP contribution in [0.4, 0.5) is 4.39 Å². The summed E-state index contributed by atoms with van der Waals surface area (Å²) in [6.45, 7) is 3.86. The predicted molar refractivity (Wildman–Crippen MR) is 102 cm³/mol. The summed E-state index contributed by atoms with van der Waals surface area (Å²) in [5.74, 6) is -0.463. The van der Waals surface area contributed by atoms with Crippen molar-refractivity contribution in [2.75, 3.05) is 0 Å². The van der Waals surface area contributed by atoms with E-state index in [-0.39, 0.29) is 17.8 Å². The van der Waals surface area contributed by atoms with Crippen LogP contribution in [0, 0.1) is 19.7 Å². The zero-order chi connectivity index (χ0) is 19.0. The van der Waals surface area contributed by atoms with Crippen molar-refractivity contribution in [2.45, 2.75) is 51.6 Å². The molecular weight excluding hydrogens is 343 g/mol. The number of aromatic nitrogens is 3. The first kappa shape index (κ1) is 17.6. The molecule has 1 saturated carbocycles. The zero-order valence-corrected chi connectivity index (χ0v) is 15.6. The molecule has 4 rings (SSSR count). The van der Waals surface area contributed by atoms with Crippen molar-refractivity contribution in [1.29, 1.82) is 0 Å². The summed E-state index contributed by atoms with van der Waals surface area (Å²) < 4.78 is 15.5. The predicted octanol–water partition coefficient (Wildman–Crippen LogP) is 4.10. The summed E-state index contributed by atoms with van der Waals surface area (Å²) in [6, 6.07) is 6.69. The number of halogens is 1. The second-order valence-corrected chi connectivity index (χ2v) is 7.45. The number of hydrogen-bond donors (Lipinski definition) is 1. The normalized spacial score (nSPS) is 20.0. The van der Waals surface area contributed by atoms with Crippen LogP contribution in [0.3, 0.4) is 0 Å². The van der Waals surface area contributed by atoms with Crippen molar-refractivity contribution in [3.63, 3.8) is 0 Å². The van der Waals surface area contributed by atoms with Gasteiger partial charge in [0.05, 0.1) is 23.3 Å². The van der Waals surface area contributed by atoms with Crippen molar-refractivity contribution >= 4 is 16.8 Å². The number of pyridine rings is 1. The quantitative estimate of drug-likeness (QED) is 0.759. The van der Waals surface area contributed by atoms with E-state index < -0.39 is 0 Å². The number of nitrogens with one attached hydrogen (secondary N) is 1. The van der Waals surface area contributed by atoms with Crippen molar-refractivity contribution in [2.24, 2.45) is 0 Å². The second kappa shape index (κ2) is 7.10. The largest absolute Gasteiger partial charge is 0.349 e. The molecule has 0 spiro atoms. The first-order valence-corrected chi connectivity index (χ1v) is 9.38. The number of hydrogen-bond acceptors (Lipinski definition) is 3. The minimum Gasteiger partial charge on any atom is -0.349 e. The molecule has 0 unspecified atom stereocenters. The van der Waals surface area contributed by atoms with Crippen LogP contribution < -0.4 is 5.32 Å². The molecule has 0 saturated heterocycles. The number of fused-ring (bicyclic) bond motifs is 1. The SMILES string of the molecule is Cc1cnn(C2CCC(NC(=O)c3cc(C)nc4cc(F)ccc34)CC2)c1. The maximum atomic E-state index is 13.5. The van der Waals surface area contributed by atoms with Gasteiger partial charge in [0.25, 0.3) is 5.91 Å². The molecule has 1 aliphatic carbocycles. The van der Waals surface area contributed by atoms with Gasteiger partial charge in [0, 0.05) is 29.4 Å². The molecule has 1 N–H and O–H groups in total. The average molecular weight is 366 g/mol. The topological polar surface area (TPSA) is 59.8 Å². The third-order valence-corrected chi connectivity index (χ3v) is 5.28. The molecule has 0 aliphatic heterocycles. The number of carbonyl (C=O) groups excluding carboxylic acids is 1. The van der Waals surface area contributed by atoms with Gasteiger partial charge in [-0.3, -0.25) is 14.5 Å². The highest BCUT2D eigenvalue weighted by molar-refractivity contribution is 6.06. The van der Waals surface area contributed by atoms with E-state index in [1.165, 1.54) is 17.7 Å². The molecule has 0 bridgehead atoms. The Labute approximate surface area is 157 Å². The number of amides is 1. The van der Waals surface area contributed by atoms with Crippen LogP contribution in [0.1, 0.15) is 53.3 Å². The van der Waals surface area contributed by atoms with E-state index in [9.17, 15) is 9.18 Å². The van der Waals surface area contributed by atoms with Crippen LogP contribution in [0.15, 0.2) is 36.7 Å². The molecule has 1 amide bonds. The number of benzene rings is 1. The fraction of sp³-hybridized carbons (Fsp3) is 0.381. The van der Waals surface area contributed by atoms with Gasteiger partial charge < -0.3 is 5.32 Å². The highest BCUT2D eigenvalue weighted by Crippen LogP contribution is 2.28. The van der Waals surface area contributed by atoms with Crippen molar-refractivity contribution < 1.29 is 9.18 Å². The summed E-state index contributed by atoms with van der Waals surface area (Å²) in [7, 11) is 0. The van der Waals surface area contributed by atoms with Crippen LogP contribution >= 0.6 is 0 Å². The Hall–Kier alpha value is -2.76. The van der Waals surface area contributed by atoms with Gasteiger partial charge in [-0.05, 0) is 63.3 Å². The Morgan fingerprint density at radius 2 is 1.96 bits per heavy atom. The average Bonchev–Trinajstić information content (AvgIpc) is 3.07. The van der Waals surface area contributed by atoms with Crippen molar-refractivity contribution in [1.82, 2.24) is 20.1 Å². The van der Waals surface area contributed by atoms with Gasteiger partial charge in [0.1, 0.15) is 5.82 Å². The Morgan fingerprint density at radius 3 is 2.67 bits per heavy atom. The smallest absolute Gasteiger partial charge is 0.252 e. The minimum atomic E-state index is -0.348. The summed E-state index contributed by atoms with van der Waals surface area (Å²) in [4.78, 5) is 17.2. The lowest BCUT2D eigenvalue weighted by atomic mass is 9.91. The van der Waals surface area contributed by atoms with Gasteiger partial charge >= 0.3 is 0 Å². The third kappa shape index (κ3) is 3.70. The fourth-order valence-electron chi connectivity index (χ4n) is 3.90. The molecule has 5 nitrogen and oxygen atoms in total. The number of aryl methyl sites for hydroxylation is 2. The van der Waals surface area contributed by atoms with E-state index in [0.717, 1.165) is 25.7 Å². The molecule has 0 radical (unpaired) electrons. The molecule has 2 aromatic heterocycles. The summed E-state index contributed by atoms with van der Waals surface area (Å²) >= 11 is 0. The van der Waals surface area contributed by atoms with E-state index in [1.807, 2.05) is 24.7 Å². The standard InChI is InChI=1S/C21H23FN4O/c1-13-11-23-26(12-13)17-6-4-16(5-7-17)25-21(27)19-9-14(2)24-20-10-15(22)3-8-18(19)20/h3,8-12,16-17H,4-7H2,1-2H3,(H,25,27). The molecule has 6 heteroatoms. The van der Waals surface area contributed by atoms with E-state index in [2.05, 4.69) is 21.6 Å². The van der Waals surface area contributed by atoms with Crippen LogP contribution in [0.25, 0.3) is 10.9 Å². The monoisotopic (exact) mass is 366 g/mol. The molecule has 27 heavy (non-hydrogen) atoms. The molecule has 3 aromatic rings. The maximum absolute atomic E-state index is 13.5. The maximum Gasteiger partial charge on any atom is 0.252 e. The Morgan fingerprint density at radius 1 is 1.19 bits per heavy atom. The summed E-state index contributed by atoms with van der Waals surface area (Å²) in [6.07, 6.45) is 7.79. The van der Waals surface area contributed by atoms with Crippen LogP contribution in [0.5, 0.6) is 0 Å². The van der Waals surface area contributed by atoms with E-state index in [1.54, 1.807) is 12.1 Å². The van der Waals surface area contributed by atoms with Gasteiger partial charge in [0.2, 0.25) is 0 Å². The lowest BCUT2D eigenvalue weighted by Crippen LogP contribution is -2.38. The lowest BCUT2D eigenvalue weighted by molar-refractivity contribution is 0.0923. The van der Waals surface area contributed by atoms with Gasteiger partial charge in [-0.25, -0.2) is 4.39 Å². The van der Waals surface area contributed by atoms with Crippen LogP contribution in [-0.2, 0) is 0 Å². The van der Waals surface area contributed by atoms with E-state index in [0.29, 0.717) is 28.2 Å². The van der Waals surface area contributed by atoms with Gasteiger partial charge in [0.15, 0.2) is 0 Å². The second-order valence-electron chi connectivity index (χ2n) is 7.45. The Balaban J connectivity index is 1.46. The molecule has 1 aliphatic rings. The van der Waals surface area contributed by atoms with Gasteiger partial charge in [-0.15, -0.1) is 0 Å². The zero-order valence-electron chi connectivity index (χ0n) is 15.6. The minimum absolute atomic E-state index is 0.115. The van der Waals surface area contributed by atoms with Crippen molar-refractivity contribution in [3.8, 4) is 0 Å². The third-order valence-electron chi connectivity index (χ3n) is 5.28. The Bertz CT molecular complexity index is 984.